The van der Waals surface area contributed by atoms with Gasteiger partial charge in [-0.1, -0.05) is 22.5 Å². The highest BCUT2D eigenvalue weighted by Crippen LogP contribution is 2.40. The lowest BCUT2D eigenvalue weighted by Crippen LogP contribution is -2.21. The molecule has 3 heterocycles. The molecule has 13 heteroatoms. The number of fused-ring (bicyclic) bond motifs is 1. The van der Waals surface area contributed by atoms with Gasteiger partial charge in [0.15, 0.2) is 22.7 Å². The van der Waals surface area contributed by atoms with Gasteiger partial charge in [0.05, 0.1) is 27.9 Å². The highest BCUT2D eigenvalue weighted by Gasteiger charge is 2.19. The normalized spacial score (nSPS) is 11.1. The zero-order valence-corrected chi connectivity index (χ0v) is 19.5. The van der Waals surface area contributed by atoms with Crippen LogP contribution in [0.5, 0.6) is 17.2 Å². The maximum atomic E-state index is 13.2. The van der Waals surface area contributed by atoms with Crippen molar-refractivity contribution in [2.45, 2.75) is 13.1 Å². The van der Waals surface area contributed by atoms with Gasteiger partial charge in [0, 0.05) is 5.56 Å². The van der Waals surface area contributed by atoms with E-state index in [0.717, 1.165) is 5.56 Å². The molecule has 0 spiro atoms. The van der Waals surface area contributed by atoms with Gasteiger partial charge in [0.2, 0.25) is 17.5 Å². The van der Waals surface area contributed by atoms with Crippen molar-refractivity contribution in [1.29, 1.82) is 0 Å². The van der Waals surface area contributed by atoms with Gasteiger partial charge in [-0.3, -0.25) is 9.36 Å². The van der Waals surface area contributed by atoms with Crippen LogP contribution < -0.4 is 19.8 Å². The summed E-state index contributed by atoms with van der Waals surface area (Å²) in [6.07, 6.45) is 1.36. The molecule has 5 rings (SSSR count). The molecule has 0 aliphatic rings. The number of rotatable bonds is 8. The van der Waals surface area contributed by atoms with Crippen molar-refractivity contribution in [1.82, 2.24) is 34.7 Å². The van der Waals surface area contributed by atoms with Crippen LogP contribution in [0.3, 0.4) is 0 Å². The van der Waals surface area contributed by atoms with Crippen molar-refractivity contribution >= 4 is 11.2 Å². The van der Waals surface area contributed by atoms with Gasteiger partial charge < -0.3 is 18.7 Å². The molecule has 12 nitrogen and oxygen atoms in total. The number of benzene rings is 2. The summed E-state index contributed by atoms with van der Waals surface area (Å²) in [6.45, 7) is 0.263. The summed E-state index contributed by atoms with van der Waals surface area (Å²) < 4.78 is 37.4. The first kappa shape index (κ1) is 23.0. The van der Waals surface area contributed by atoms with E-state index in [4.69, 9.17) is 18.7 Å². The van der Waals surface area contributed by atoms with Crippen molar-refractivity contribution in [2.75, 3.05) is 21.3 Å². The van der Waals surface area contributed by atoms with E-state index in [0.29, 0.717) is 28.5 Å². The van der Waals surface area contributed by atoms with E-state index >= 15 is 0 Å². The minimum Gasteiger partial charge on any atom is -0.493 e. The molecular weight excluding hydrogens is 473 g/mol. The van der Waals surface area contributed by atoms with Crippen LogP contribution in [0.25, 0.3) is 22.6 Å². The average Bonchev–Trinajstić information content (AvgIpc) is 3.53. The topological polar surface area (TPSA) is 132 Å². The Hall–Kier alpha value is -4.81. The molecule has 0 aliphatic carbocycles. The number of hydrogen-bond donors (Lipinski definition) is 0. The lowest BCUT2D eigenvalue weighted by molar-refractivity contribution is 0.324. The molecule has 0 unspecified atom stereocenters. The van der Waals surface area contributed by atoms with Crippen LogP contribution in [0.1, 0.15) is 11.5 Å². The van der Waals surface area contributed by atoms with E-state index in [1.54, 1.807) is 24.3 Å². The quantitative estimate of drug-likeness (QED) is 0.317. The Labute approximate surface area is 202 Å². The van der Waals surface area contributed by atoms with Crippen LogP contribution in [-0.4, -0.2) is 56.0 Å². The Balaban J connectivity index is 1.40. The fourth-order valence-corrected chi connectivity index (χ4v) is 3.66. The number of ether oxygens (including phenoxy) is 3. The number of hydrogen-bond acceptors (Lipinski definition) is 10. The van der Waals surface area contributed by atoms with Crippen LogP contribution >= 0.6 is 0 Å². The molecule has 184 valence electrons. The largest absolute Gasteiger partial charge is 0.493 e. The van der Waals surface area contributed by atoms with E-state index in [1.165, 1.54) is 49.0 Å². The number of nitrogens with zero attached hydrogens (tertiary/aromatic N) is 7. The summed E-state index contributed by atoms with van der Waals surface area (Å²) in [5.41, 5.74) is 1.34. The standard InChI is InChI=1S/C23H20FN7O5/c1-33-16-8-14(9-17(34-2)20(16)35-3)21-26-18(36-28-21)11-30-12-25-22-19(23(30)32)27-29-31(22)10-13-4-6-15(24)7-5-13/h4-9,12H,10-11H2,1-3H3. The van der Waals surface area contributed by atoms with Gasteiger partial charge in [0.25, 0.3) is 5.56 Å². The number of methoxy groups -OCH3 is 3. The minimum absolute atomic E-state index is 0.0238. The van der Waals surface area contributed by atoms with Crippen molar-refractivity contribution < 1.29 is 23.1 Å². The molecule has 0 radical (unpaired) electrons. The second kappa shape index (κ2) is 9.44. The molecule has 0 N–H and O–H groups in total. The van der Waals surface area contributed by atoms with Crippen molar-refractivity contribution in [3.05, 3.63) is 70.4 Å². The average molecular weight is 493 g/mol. The Morgan fingerprint density at radius 3 is 2.39 bits per heavy atom. The van der Waals surface area contributed by atoms with Gasteiger partial charge in [-0.2, -0.15) is 4.98 Å². The third-order valence-corrected chi connectivity index (χ3v) is 5.43. The fraction of sp³-hybridized carbons (Fsp3) is 0.217. The van der Waals surface area contributed by atoms with Gasteiger partial charge in [0.1, 0.15) is 18.7 Å². The maximum Gasteiger partial charge on any atom is 0.283 e. The highest BCUT2D eigenvalue weighted by atomic mass is 19.1. The van der Waals surface area contributed by atoms with Crippen LogP contribution in [-0.2, 0) is 13.1 Å². The predicted octanol–water partition coefficient (Wildman–Crippen LogP) is 2.30. The third-order valence-electron chi connectivity index (χ3n) is 5.43. The summed E-state index contributed by atoms with van der Waals surface area (Å²) in [7, 11) is 4.53. The van der Waals surface area contributed by atoms with Gasteiger partial charge in [-0.15, -0.1) is 5.10 Å². The Bertz CT molecular complexity index is 1570. The summed E-state index contributed by atoms with van der Waals surface area (Å²) in [6, 6.07) is 9.35. The van der Waals surface area contributed by atoms with Gasteiger partial charge >= 0.3 is 0 Å². The minimum atomic E-state index is -0.419. The molecule has 0 fully saturated rings. The predicted molar refractivity (Wildman–Crippen MR) is 124 cm³/mol. The molecule has 2 aromatic carbocycles. The first-order valence-corrected chi connectivity index (χ1v) is 10.7. The molecular formula is C23H20FN7O5. The molecule has 0 aliphatic heterocycles. The number of aromatic nitrogens is 7. The first-order valence-electron chi connectivity index (χ1n) is 10.7. The van der Waals surface area contributed by atoms with E-state index in [-0.39, 0.29) is 36.1 Å². The number of halogens is 1. The van der Waals surface area contributed by atoms with Crippen LogP contribution in [0.15, 0.2) is 52.0 Å². The smallest absolute Gasteiger partial charge is 0.283 e. The SMILES string of the molecule is COc1cc(-c2noc(Cn3cnc4c(nnn4Cc4ccc(F)cc4)c3=O)n2)cc(OC)c1OC. The molecule has 0 amide bonds. The summed E-state index contributed by atoms with van der Waals surface area (Å²) in [5.74, 6) is 1.43. The Kier molecular flexibility index (Phi) is 6.02. The van der Waals surface area contributed by atoms with E-state index in [1.807, 2.05) is 0 Å². The molecule has 0 saturated carbocycles. The fourth-order valence-electron chi connectivity index (χ4n) is 3.66. The molecule has 36 heavy (non-hydrogen) atoms. The van der Waals surface area contributed by atoms with Crippen LogP contribution in [0.2, 0.25) is 0 Å². The van der Waals surface area contributed by atoms with Crippen molar-refractivity contribution in [3.8, 4) is 28.6 Å². The van der Waals surface area contributed by atoms with E-state index < -0.39 is 5.56 Å². The van der Waals surface area contributed by atoms with Gasteiger partial charge in [-0.05, 0) is 29.8 Å². The summed E-state index contributed by atoms with van der Waals surface area (Å²) in [5, 5.41) is 12.0. The van der Waals surface area contributed by atoms with E-state index in [2.05, 4.69) is 25.4 Å². The molecule has 0 atom stereocenters. The lowest BCUT2D eigenvalue weighted by Gasteiger charge is -2.12. The second-order valence-corrected chi connectivity index (χ2v) is 7.65. The molecule has 5 aromatic rings. The monoisotopic (exact) mass is 493 g/mol. The Morgan fingerprint density at radius 1 is 1.00 bits per heavy atom. The maximum absolute atomic E-state index is 13.2. The van der Waals surface area contributed by atoms with Crippen LogP contribution in [0.4, 0.5) is 4.39 Å². The lowest BCUT2D eigenvalue weighted by atomic mass is 10.1. The molecule has 0 bridgehead atoms. The zero-order chi connectivity index (χ0) is 25.2. The van der Waals surface area contributed by atoms with Crippen molar-refractivity contribution in [2.24, 2.45) is 0 Å². The third kappa shape index (κ3) is 4.21. The zero-order valence-electron chi connectivity index (χ0n) is 19.5. The van der Waals surface area contributed by atoms with Gasteiger partial charge in [-0.25, -0.2) is 14.1 Å². The van der Waals surface area contributed by atoms with Crippen LogP contribution in [0, 0.1) is 5.82 Å². The molecule has 3 aromatic heterocycles. The highest BCUT2D eigenvalue weighted by molar-refractivity contribution is 5.68. The van der Waals surface area contributed by atoms with Crippen molar-refractivity contribution in [3.63, 3.8) is 0 Å². The first-order chi connectivity index (χ1) is 17.5. The molecule has 0 saturated heterocycles. The summed E-state index contributed by atoms with van der Waals surface area (Å²) in [4.78, 5) is 21.7. The van der Waals surface area contributed by atoms with E-state index in [9.17, 15) is 9.18 Å². The Morgan fingerprint density at radius 2 is 1.72 bits per heavy atom. The second-order valence-electron chi connectivity index (χ2n) is 7.65. The summed E-state index contributed by atoms with van der Waals surface area (Å²) >= 11 is 0.